The Kier molecular flexibility index (Phi) is 5.58. The number of rotatable bonds is 6. The number of benzene rings is 1. The zero-order valence-electron chi connectivity index (χ0n) is 15.3. The van der Waals surface area contributed by atoms with Crippen LogP contribution in [0.1, 0.15) is 39.6 Å². The topological polar surface area (TPSA) is 148 Å². The SMILES string of the molecule is COC(=O)c1cc(C(=O)OC(C)c2nc(-c3cccnc3)no2)cc([N+](=O)[O-])c1. The fraction of sp³-hybridized carbons (Fsp3) is 0.167. The van der Waals surface area contributed by atoms with Gasteiger partial charge in [-0.2, -0.15) is 4.98 Å². The molecule has 3 rings (SSSR count). The maximum absolute atomic E-state index is 12.4. The van der Waals surface area contributed by atoms with Crippen molar-refractivity contribution in [1.82, 2.24) is 15.1 Å². The molecule has 0 spiro atoms. The Labute approximate surface area is 163 Å². The van der Waals surface area contributed by atoms with E-state index < -0.39 is 28.7 Å². The van der Waals surface area contributed by atoms with Gasteiger partial charge in [0.05, 0.1) is 23.2 Å². The Hall–Kier alpha value is -4.15. The van der Waals surface area contributed by atoms with Gasteiger partial charge in [-0.05, 0) is 25.1 Å². The number of ether oxygens (including phenoxy) is 2. The van der Waals surface area contributed by atoms with Crippen molar-refractivity contribution < 1.29 is 28.5 Å². The molecule has 11 heteroatoms. The van der Waals surface area contributed by atoms with Crippen molar-refractivity contribution in [3.8, 4) is 11.4 Å². The first-order valence-electron chi connectivity index (χ1n) is 8.22. The summed E-state index contributed by atoms with van der Waals surface area (Å²) in [6.45, 7) is 1.50. The molecule has 0 saturated heterocycles. The van der Waals surface area contributed by atoms with E-state index in [4.69, 9.17) is 9.26 Å². The minimum Gasteiger partial charge on any atom is -0.465 e. The second-order valence-corrected chi connectivity index (χ2v) is 5.76. The molecule has 2 heterocycles. The third-order valence-electron chi connectivity index (χ3n) is 3.78. The van der Waals surface area contributed by atoms with Crippen LogP contribution >= 0.6 is 0 Å². The molecule has 1 atom stereocenters. The maximum Gasteiger partial charge on any atom is 0.339 e. The Morgan fingerprint density at radius 2 is 1.93 bits per heavy atom. The van der Waals surface area contributed by atoms with Crippen LogP contribution in [0.25, 0.3) is 11.4 Å². The Morgan fingerprint density at radius 3 is 2.55 bits per heavy atom. The molecule has 0 aliphatic heterocycles. The highest BCUT2D eigenvalue weighted by atomic mass is 16.6. The number of aromatic nitrogens is 3. The van der Waals surface area contributed by atoms with Crippen LogP contribution in [0, 0.1) is 10.1 Å². The molecule has 2 aromatic heterocycles. The fourth-order valence-electron chi connectivity index (χ4n) is 2.36. The van der Waals surface area contributed by atoms with Gasteiger partial charge in [-0.15, -0.1) is 0 Å². The zero-order chi connectivity index (χ0) is 21.0. The number of methoxy groups -OCH3 is 1. The lowest BCUT2D eigenvalue weighted by Crippen LogP contribution is -2.12. The van der Waals surface area contributed by atoms with Gasteiger partial charge in [0.25, 0.3) is 11.6 Å². The highest BCUT2D eigenvalue weighted by molar-refractivity contribution is 5.96. The Morgan fingerprint density at radius 1 is 1.21 bits per heavy atom. The van der Waals surface area contributed by atoms with Crippen LogP contribution in [0.15, 0.2) is 47.2 Å². The number of esters is 2. The van der Waals surface area contributed by atoms with Crippen LogP contribution in [0.2, 0.25) is 0 Å². The van der Waals surface area contributed by atoms with Crippen molar-refractivity contribution in [2.24, 2.45) is 0 Å². The van der Waals surface area contributed by atoms with E-state index >= 15 is 0 Å². The average Bonchev–Trinajstić information content (AvgIpc) is 3.24. The summed E-state index contributed by atoms with van der Waals surface area (Å²) >= 11 is 0. The molecular formula is C18H14N4O7. The lowest BCUT2D eigenvalue weighted by Gasteiger charge is -2.10. The second kappa shape index (κ2) is 8.25. The third-order valence-corrected chi connectivity index (χ3v) is 3.78. The molecule has 29 heavy (non-hydrogen) atoms. The van der Waals surface area contributed by atoms with Crippen molar-refractivity contribution in [2.75, 3.05) is 7.11 Å². The van der Waals surface area contributed by atoms with E-state index in [9.17, 15) is 19.7 Å². The van der Waals surface area contributed by atoms with Crippen LogP contribution in [0.3, 0.4) is 0 Å². The normalized spacial score (nSPS) is 11.5. The number of nitrogens with zero attached hydrogens (tertiary/aromatic N) is 4. The fourth-order valence-corrected chi connectivity index (χ4v) is 2.36. The van der Waals surface area contributed by atoms with Crippen molar-refractivity contribution in [1.29, 1.82) is 0 Å². The van der Waals surface area contributed by atoms with Gasteiger partial charge in [0.15, 0.2) is 6.10 Å². The molecule has 148 valence electrons. The molecule has 0 aliphatic rings. The van der Waals surface area contributed by atoms with Crippen molar-refractivity contribution >= 4 is 17.6 Å². The van der Waals surface area contributed by atoms with Crippen molar-refractivity contribution in [3.05, 3.63) is 69.9 Å². The number of pyridine rings is 1. The van der Waals surface area contributed by atoms with E-state index in [1.165, 1.54) is 6.92 Å². The largest absolute Gasteiger partial charge is 0.465 e. The minimum atomic E-state index is -0.943. The summed E-state index contributed by atoms with van der Waals surface area (Å²) in [4.78, 5) is 42.6. The summed E-state index contributed by atoms with van der Waals surface area (Å²) in [5.41, 5.74) is -0.192. The zero-order valence-corrected chi connectivity index (χ0v) is 15.3. The molecule has 3 aromatic rings. The van der Waals surface area contributed by atoms with Crippen LogP contribution in [-0.4, -0.2) is 39.1 Å². The van der Waals surface area contributed by atoms with Gasteiger partial charge in [0.2, 0.25) is 5.82 Å². The van der Waals surface area contributed by atoms with E-state index in [1.54, 1.807) is 24.5 Å². The van der Waals surface area contributed by atoms with Crippen LogP contribution < -0.4 is 0 Å². The number of nitro groups is 1. The quantitative estimate of drug-likeness (QED) is 0.345. The molecule has 1 aromatic carbocycles. The number of carbonyl (C=O) groups excluding carboxylic acids is 2. The summed E-state index contributed by atoms with van der Waals surface area (Å²) in [5.74, 6) is -1.45. The Balaban J connectivity index is 1.81. The van der Waals surface area contributed by atoms with E-state index in [-0.39, 0.29) is 22.8 Å². The molecular weight excluding hydrogens is 384 g/mol. The van der Waals surface area contributed by atoms with Gasteiger partial charge in [-0.1, -0.05) is 5.16 Å². The predicted octanol–water partition coefficient (Wildman–Crippen LogP) is 2.74. The molecule has 0 bridgehead atoms. The molecule has 0 amide bonds. The standard InChI is InChI=1S/C18H14N4O7/c1-10(16-20-15(21-29-16)11-4-3-5-19-9-11)28-18(24)13-6-12(17(23)27-2)7-14(8-13)22(25)26/h3-10H,1-2H3. The number of nitro benzene ring substituents is 1. The van der Waals surface area contributed by atoms with E-state index in [0.29, 0.717) is 5.56 Å². The Bertz CT molecular complexity index is 1070. The van der Waals surface area contributed by atoms with Gasteiger partial charge < -0.3 is 14.0 Å². The minimum absolute atomic E-state index is 0.0239. The third kappa shape index (κ3) is 4.40. The number of non-ortho nitro benzene ring substituents is 1. The summed E-state index contributed by atoms with van der Waals surface area (Å²) in [7, 11) is 1.12. The molecule has 0 fully saturated rings. The van der Waals surface area contributed by atoms with Gasteiger partial charge >= 0.3 is 11.9 Å². The first kappa shape index (κ1) is 19.6. The van der Waals surface area contributed by atoms with E-state index in [2.05, 4.69) is 19.9 Å². The molecule has 0 N–H and O–H groups in total. The monoisotopic (exact) mass is 398 g/mol. The van der Waals surface area contributed by atoms with Crippen molar-refractivity contribution in [3.63, 3.8) is 0 Å². The van der Waals surface area contributed by atoms with Gasteiger partial charge in [0.1, 0.15) is 0 Å². The average molecular weight is 398 g/mol. The number of carbonyl (C=O) groups is 2. The van der Waals surface area contributed by atoms with E-state index in [1.807, 2.05) is 0 Å². The van der Waals surface area contributed by atoms with Crippen LogP contribution in [-0.2, 0) is 9.47 Å². The maximum atomic E-state index is 12.4. The molecule has 0 radical (unpaired) electrons. The van der Waals surface area contributed by atoms with Gasteiger partial charge in [-0.3, -0.25) is 15.1 Å². The number of hydrogen-bond acceptors (Lipinski definition) is 10. The lowest BCUT2D eigenvalue weighted by molar-refractivity contribution is -0.384. The smallest absolute Gasteiger partial charge is 0.339 e. The summed E-state index contributed by atoms with van der Waals surface area (Å²) < 4.78 is 14.9. The highest BCUT2D eigenvalue weighted by Gasteiger charge is 2.23. The summed E-state index contributed by atoms with van der Waals surface area (Å²) in [6, 6.07) is 6.58. The van der Waals surface area contributed by atoms with E-state index in [0.717, 1.165) is 25.3 Å². The van der Waals surface area contributed by atoms with Crippen LogP contribution in [0.5, 0.6) is 0 Å². The first-order valence-corrected chi connectivity index (χ1v) is 8.22. The van der Waals surface area contributed by atoms with Crippen molar-refractivity contribution in [2.45, 2.75) is 13.0 Å². The second-order valence-electron chi connectivity index (χ2n) is 5.76. The first-order chi connectivity index (χ1) is 13.9. The summed E-state index contributed by atoms with van der Waals surface area (Å²) in [6.07, 6.45) is 2.19. The van der Waals surface area contributed by atoms with Crippen LogP contribution in [0.4, 0.5) is 5.69 Å². The molecule has 11 nitrogen and oxygen atoms in total. The van der Waals surface area contributed by atoms with Gasteiger partial charge in [0, 0.05) is 30.1 Å². The molecule has 1 unspecified atom stereocenters. The number of hydrogen-bond donors (Lipinski definition) is 0. The summed E-state index contributed by atoms with van der Waals surface area (Å²) in [5, 5.41) is 14.9. The van der Waals surface area contributed by atoms with Gasteiger partial charge in [-0.25, -0.2) is 9.59 Å². The lowest BCUT2D eigenvalue weighted by atomic mass is 10.1. The predicted molar refractivity (Wildman–Crippen MR) is 95.8 cm³/mol. The highest BCUT2D eigenvalue weighted by Crippen LogP contribution is 2.23. The molecule has 0 saturated carbocycles. The molecule has 0 aliphatic carbocycles.